The molecule has 0 aliphatic carbocycles. The van der Waals surface area contributed by atoms with E-state index in [9.17, 15) is 4.79 Å². The molecule has 16 heavy (non-hydrogen) atoms. The van der Waals surface area contributed by atoms with Crippen LogP contribution in [0.25, 0.3) is 0 Å². The van der Waals surface area contributed by atoms with Gasteiger partial charge in [0.25, 0.3) is 0 Å². The molecule has 0 N–H and O–H groups in total. The minimum Gasteiger partial charge on any atom is -0.292 e. The molecule has 0 saturated heterocycles. The van der Waals surface area contributed by atoms with Crippen molar-refractivity contribution in [1.82, 2.24) is 14.8 Å². The second-order valence-corrected chi connectivity index (χ2v) is 4.37. The van der Waals surface area contributed by atoms with E-state index < -0.39 is 0 Å². The van der Waals surface area contributed by atoms with Crippen molar-refractivity contribution in [3.8, 4) is 0 Å². The summed E-state index contributed by atoms with van der Waals surface area (Å²) < 4.78 is 2.45. The van der Waals surface area contributed by atoms with Crippen LogP contribution in [0.2, 0.25) is 0 Å². The third-order valence-corrected chi connectivity index (χ3v) is 2.67. The summed E-state index contributed by atoms with van der Waals surface area (Å²) in [6, 6.07) is 3.61. The second-order valence-electron chi connectivity index (χ2n) is 3.45. The van der Waals surface area contributed by atoms with Gasteiger partial charge in [-0.15, -0.1) is 0 Å². The molecule has 0 fully saturated rings. The average molecular weight is 280 g/mol. The molecule has 4 nitrogen and oxygen atoms in total. The Morgan fingerprint density at radius 3 is 2.94 bits per heavy atom. The highest BCUT2D eigenvalue weighted by Gasteiger charge is 2.10. The average Bonchev–Trinajstić information content (AvgIpc) is 2.64. The second kappa shape index (κ2) is 4.57. The first-order chi connectivity index (χ1) is 7.66. The van der Waals surface area contributed by atoms with Crippen LogP contribution < -0.4 is 0 Å². The van der Waals surface area contributed by atoms with Gasteiger partial charge in [0.15, 0.2) is 5.78 Å². The van der Waals surface area contributed by atoms with Gasteiger partial charge in [-0.05, 0) is 33.6 Å². The first kappa shape index (κ1) is 11.0. The van der Waals surface area contributed by atoms with Crippen LogP contribution >= 0.6 is 15.9 Å². The normalized spacial score (nSPS) is 10.4. The smallest absolute Gasteiger partial charge is 0.185 e. The number of Topliss-reactive ketones (excluding diaryl/α,β-unsaturated/α-hetero) is 1. The van der Waals surface area contributed by atoms with Crippen LogP contribution in [0.3, 0.4) is 0 Å². The van der Waals surface area contributed by atoms with E-state index >= 15 is 0 Å². The molecular formula is C11H10BrN3O. The monoisotopic (exact) mass is 279 g/mol. The van der Waals surface area contributed by atoms with Crippen molar-refractivity contribution in [2.45, 2.75) is 6.42 Å². The SMILES string of the molecule is Cn1nccc1C(=O)Cc1cncc(Br)c1. The molecule has 0 atom stereocenters. The standard InChI is InChI=1S/C11H10BrN3O/c1-15-10(2-3-14-15)11(16)5-8-4-9(12)7-13-6-8/h2-4,6-7H,5H2,1H3. The maximum atomic E-state index is 11.9. The summed E-state index contributed by atoms with van der Waals surface area (Å²) in [4.78, 5) is 15.9. The Kier molecular flexibility index (Phi) is 3.14. The topological polar surface area (TPSA) is 47.8 Å². The minimum atomic E-state index is 0.0416. The number of rotatable bonds is 3. The third-order valence-electron chi connectivity index (χ3n) is 2.23. The van der Waals surface area contributed by atoms with Crippen LogP contribution in [0, 0.1) is 0 Å². The number of carbonyl (C=O) groups is 1. The lowest BCUT2D eigenvalue weighted by atomic mass is 10.1. The Balaban J connectivity index is 2.17. The van der Waals surface area contributed by atoms with Gasteiger partial charge in [-0.25, -0.2) is 0 Å². The maximum Gasteiger partial charge on any atom is 0.185 e. The molecule has 2 aromatic heterocycles. The third kappa shape index (κ3) is 2.36. The van der Waals surface area contributed by atoms with Crippen molar-refractivity contribution in [2.24, 2.45) is 7.05 Å². The van der Waals surface area contributed by atoms with Gasteiger partial charge in [-0.1, -0.05) is 0 Å². The molecule has 0 radical (unpaired) electrons. The molecule has 0 amide bonds. The van der Waals surface area contributed by atoms with E-state index in [0.717, 1.165) is 10.0 Å². The van der Waals surface area contributed by atoms with Crippen molar-refractivity contribution >= 4 is 21.7 Å². The predicted molar refractivity (Wildman–Crippen MR) is 63.2 cm³/mol. The van der Waals surface area contributed by atoms with Crippen molar-refractivity contribution < 1.29 is 4.79 Å². The summed E-state index contributed by atoms with van der Waals surface area (Å²) in [6.07, 6.45) is 5.34. The molecule has 2 rings (SSSR count). The van der Waals surface area contributed by atoms with Gasteiger partial charge in [0.1, 0.15) is 5.69 Å². The number of pyridine rings is 1. The molecule has 0 spiro atoms. The first-order valence-electron chi connectivity index (χ1n) is 4.77. The van der Waals surface area contributed by atoms with Crippen molar-refractivity contribution in [1.29, 1.82) is 0 Å². The van der Waals surface area contributed by atoms with E-state index in [1.54, 1.807) is 36.4 Å². The molecule has 5 heteroatoms. The van der Waals surface area contributed by atoms with Crippen LogP contribution in [0.4, 0.5) is 0 Å². The zero-order valence-electron chi connectivity index (χ0n) is 8.72. The molecule has 0 saturated carbocycles. The van der Waals surface area contributed by atoms with E-state index in [2.05, 4.69) is 26.0 Å². The summed E-state index contributed by atoms with van der Waals surface area (Å²) in [5, 5.41) is 3.97. The fourth-order valence-electron chi connectivity index (χ4n) is 1.48. The van der Waals surface area contributed by atoms with Gasteiger partial charge in [0, 0.05) is 36.5 Å². The summed E-state index contributed by atoms with van der Waals surface area (Å²) in [6.45, 7) is 0. The Hall–Kier alpha value is -1.49. The maximum absolute atomic E-state index is 11.9. The van der Waals surface area contributed by atoms with Gasteiger partial charge in [-0.2, -0.15) is 5.10 Å². The first-order valence-corrected chi connectivity index (χ1v) is 5.57. The molecule has 2 aromatic rings. The van der Waals surface area contributed by atoms with Crippen molar-refractivity contribution in [3.05, 3.63) is 46.5 Å². The molecule has 2 heterocycles. The number of nitrogens with zero attached hydrogens (tertiary/aromatic N) is 3. The number of carbonyl (C=O) groups excluding carboxylic acids is 1. The fraction of sp³-hybridized carbons (Fsp3) is 0.182. The van der Waals surface area contributed by atoms with E-state index in [4.69, 9.17) is 0 Å². The Bertz CT molecular complexity index is 521. The molecule has 0 aromatic carbocycles. The number of hydrogen-bond donors (Lipinski definition) is 0. The summed E-state index contributed by atoms with van der Waals surface area (Å²) >= 11 is 3.32. The number of halogens is 1. The van der Waals surface area contributed by atoms with Gasteiger partial charge < -0.3 is 0 Å². The number of hydrogen-bond acceptors (Lipinski definition) is 3. The van der Waals surface area contributed by atoms with E-state index in [0.29, 0.717) is 12.1 Å². The van der Waals surface area contributed by atoms with Gasteiger partial charge in [0.2, 0.25) is 0 Å². The quantitative estimate of drug-likeness (QED) is 0.808. The highest BCUT2D eigenvalue weighted by Crippen LogP contribution is 2.12. The highest BCUT2D eigenvalue weighted by molar-refractivity contribution is 9.10. The largest absolute Gasteiger partial charge is 0.292 e. The number of aryl methyl sites for hydroxylation is 1. The van der Waals surface area contributed by atoms with Crippen LogP contribution in [0.5, 0.6) is 0 Å². The lowest BCUT2D eigenvalue weighted by Gasteiger charge is -2.01. The Morgan fingerprint density at radius 2 is 2.31 bits per heavy atom. The van der Waals surface area contributed by atoms with Crippen molar-refractivity contribution in [2.75, 3.05) is 0 Å². The molecule has 0 unspecified atom stereocenters. The Labute approximate surface area is 101 Å². The van der Waals surface area contributed by atoms with Gasteiger partial charge >= 0.3 is 0 Å². The Morgan fingerprint density at radius 1 is 1.50 bits per heavy atom. The molecule has 0 aliphatic rings. The number of ketones is 1. The fourth-order valence-corrected chi connectivity index (χ4v) is 1.89. The zero-order chi connectivity index (χ0) is 11.5. The number of aromatic nitrogens is 3. The van der Waals surface area contributed by atoms with Gasteiger partial charge in [0.05, 0.1) is 0 Å². The predicted octanol–water partition coefficient (Wildman–Crippen LogP) is 2.00. The molecule has 0 aliphatic heterocycles. The lowest BCUT2D eigenvalue weighted by Crippen LogP contribution is -2.09. The molecule has 0 bridgehead atoms. The lowest BCUT2D eigenvalue weighted by molar-refractivity contribution is 0.0984. The van der Waals surface area contributed by atoms with Crippen LogP contribution in [0.1, 0.15) is 16.1 Å². The zero-order valence-corrected chi connectivity index (χ0v) is 10.3. The van der Waals surface area contributed by atoms with E-state index in [-0.39, 0.29) is 5.78 Å². The van der Waals surface area contributed by atoms with E-state index in [1.807, 2.05) is 6.07 Å². The molecule has 82 valence electrons. The van der Waals surface area contributed by atoms with Crippen molar-refractivity contribution in [3.63, 3.8) is 0 Å². The summed E-state index contributed by atoms with van der Waals surface area (Å²) in [5.41, 5.74) is 1.50. The van der Waals surface area contributed by atoms with Crippen LogP contribution in [-0.2, 0) is 13.5 Å². The van der Waals surface area contributed by atoms with Gasteiger partial charge in [-0.3, -0.25) is 14.5 Å². The highest BCUT2D eigenvalue weighted by atomic mass is 79.9. The molecular weight excluding hydrogens is 270 g/mol. The summed E-state index contributed by atoms with van der Waals surface area (Å²) in [7, 11) is 1.76. The summed E-state index contributed by atoms with van der Waals surface area (Å²) in [5.74, 6) is 0.0416. The van der Waals surface area contributed by atoms with Crippen LogP contribution in [-0.4, -0.2) is 20.5 Å². The van der Waals surface area contributed by atoms with E-state index in [1.165, 1.54) is 0 Å². The van der Waals surface area contributed by atoms with Crippen LogP contribution in [0.15, 0.2) is 35.2 Å². The minimum absolute atomic E-state index is 0.0416.